The van der Waals surface area contributed by atoms with Gasteiger partial charge in [-0.2, -0.15) is 4.37 Å². The van der Waals surface area contributed by atoms with Crippen LogP contribution >= 0.6 is 11.5 Å². The number of nitrogens with two attached hydrogens (primary N) is 1. The molecule has 0 aliphatic carbocycles. The molecule has 0 radical (unpaired) electrons. The molecule has 14 heavy (non-hydrogen) atoms. The summed E-state index contributed by atoms with van der Waals surface area (Å²) >= 11 is 1.41. The van der Waals surface area contributed by atoms with Gasteiger partial charge in [0.1, 0.15) is 10.6 Å². The predicted molar refractivity (Wildman–Crippen MR) is 59.6 cm³/mol. The Bertz CT molecular complexity index is 412. The Balaban J connectivity index is 2.10. The van der Waals surface area contributed by atoms with Gasteiger partial charge in [-0.1, -0.05) is 0 Å². The molecule has 2 rings (SSSR count). The summed E-state index contributed by atoms with van der Waals surface area (Å²) in [7, 11) is 0. The monoisotopic (exact) mass is 208 g/mol. The van der Waals surface area contributed by atoms with Crippen LogP contribution in [0.5, 0.6) is 0 Å². The summed E-state index contributed by atoms with van der Waals surface area (Å²) in [6.07, 6.45) is 2.79. The second kappa shape index (κ2) is 4.34. The van der Waals surface area contributed by atoms with Gasteiger partial charge in [-0.05, 0) is 36.6 Å². The Morgan fingerprint density at radius 2 is 2.36 bits per heavy atom. The molecule has 3 N–H and O–H groups in total. The third-order valence-corrected chi connectivity index (χ3v) is 2.62. The topological polar surface area (TPSA) is 63.8 Å². The van der Waals surface area contributed by atoms with Gasteiger partial charge in [0.2, 0.25) is 0 Å². The molecule has 2 aromatic rings. The Morgan fingerprint density at radius 1 is 1.43 bits per heavy atom. The van der Waals surface area contributed by atoms with Gasteiger partial charge in [-0.3, -0.25) is 0 Å². The Morgan fingerprint density at radius 3 is 3.21 bits per heavy atom. The van der Waals surface area contributed by atoms with E-state index < -0.39 is 0 Å². The van der Waals surface area contributed by atoms with Gasteiger partial charge in [-0.15, -0.1) is 0 Å². The van der Waals surface area contributed by atoms with Crippen LogP contribution < -0.4 is 11.1 Å². The van der Waals surface area contributed by atoms with Gasteiger partial charge in [0, 0.05) is 11.9 Å². The van der Waals surface area contributed by atoms with E-state index in [4.69, 9.17) is 5.73 Å². The summed E-state index contributed by atoms with van der Waals surface area (Å²) in [6, 6.07) is 3.99. The number of hydrogen-bond donors (Lipinski definition) is 2. The highest BCUT2D eigenvalue weighted by Gasteiger charge is 1.98. The highest BCUT2D eigenvalue weighted by atomic mass is 32.1. The number of anilines is 1. The number of rotatable bonds is 4. The molecule has 0 amide bonds. The Hall–Kier alpha value is -1.20. The predicted octanol–water partition coefficient (Wildman–Crippen LogP) is 1.45. The Kier molecular flexibility index (Phi) is 2.90. The van der Waals surface area contributed by atoms with Crippen molar-refractivity contribution in [3.63, 3.8) is 0 Å². The summed E-state index contributed by atoms with van der Waals surface area (Å²) in [4.78, 5) is 5.39. The van der Waals surface area contributed by atoms with E-state index in [1.54, 1.807) is 0 Å². The molecule has 5 heteroatoms. The quantitative estimate of drug-likeness (QED) is 0.746. The summed E-state index contributed by atoms with van der Waals surface area (Å²) in [6.45, 7) is 1.57. The fourth-order valence-electron chi connectivity index (χ4n) is 1.17. The second-order valence-electron chi connectivity index (χ2n) is 2.99. The first-order valence-electron chi connectivity index (χ1n) is 4.55. The number of hydrogen-bond acceptors (Lipinski definition) is 5. The van der Waals surface area contributed by atoms with Crippen LogP contribution in [0, 0.1) is 0 Å². The summed E-state index contributed by atoms with van der Waals surface area (Å²) < 4.78 is 4.07. The van der Waals surface area contributed by atoms with Crippen molar-refractivity contribution in [2.75, 3.05) is 18.4 Å². The van der Waals surface area contributed by atoms with Gasteiger partial charge in [0.15, 0.2) is 0 Å². The molecular formula is C9H12N4S. The molecule has 0 spiro atoms. The van der Waals surface area contributed by atoms with Crippen LogP contribution in [0.15, 0.2) is 18.3 Å². The molecule has 74 valence electrons. The van der Waals surface area contributed by atoms with Crippen molar-refractivity contribution < 1.29 is 0 Å². The largest absolute Gasteiger partial charge is 0.370 e. The van der Waals surface area contributed by atoms with Gasteiger partial charge < -0.3 is 11.1 Å². The van der Waals surface area contributed by atoms with Gasteiger partial charge in [0.25, 0.3) is 0 Å². The normalized spacial score (nSPS) is 10.6. The number of fused-ring (bicyclic) bond motifs is 1. The van der Waals surface area contributed by atoms with Gasteiger partial charge in [-0.25, -0.2) is 4.98 Å². The van der Waals surface area contributed by atoms with Crippen LogP contribution in [0.3, 0.4) is 0 Å². The van der Waals surface area contributed by atoms with Crippen LogP contribution in [0.4, 0.5) is 5.82 Å². The molecule has 0 atom stereocenters. The molecule has 0 aromatic carbocycles. The molecule has 0 bridgehead atoms. The molecule has 0 saturated heterocycles. The minimum Gasteiger partial charge on any atom is -0.370 e. The van der Waals surface area contributed by atoms with Crippen LogP contribution in [0.2, 0.25) is 0 Å². The number of aromatic nitrogens is 2. The average molecular weight is 208 g/mol. The van der Waals surface area contributed by atoms with E-state index in [9.17, 15) is 0 Å². The highest BCUT2D eigenvalue weighted by molar-refractivity contribution is 7.12. The molecule has 2 aromatic heterocycles. The van der Waals surface area contributed by atoms with Crippen LogP contribution in [-0.2, 0) is 0 Å². The molecular weight excluding hydrogens is 196 g/mol. The van der Waals surface area contributed by atoms with Crippen molar-refractivity contribution in [2.45, 2.75) is 6.42 Å². The van der Waals surface area contributed by atoms with Crippen molar-refractivity contribution in [2.24, 2.45) is 5.73 Å². The van der Waals surface area contributed by atoms with Crippen LogP contribution in [-0.4, -0.2) is 22.4 Å². The maximum atomic E-state index is 5.40. The lowest BCUT2D eigenvalue weighted by molar-refractivity contribution is 0.871. The first kappa shape index (κ1) is 9.36. The van der Waals surface area contributed by atoms with E-state index in [-0.39, 0.29) is 0 Å². The highest BCUT2D eigenvalue weighted by Crippen LogP contribution is 2.17. The van der Waals surface area contributed by atoms with E-state index in [1.165, 1.54) is 11.5 Å². The summed E-state index contributed by atoms with van der Waals surface area (Å²) in [5.41, 5.74) is 5.40. The van der Waals surface area contributed by atoms with Crippen molar-refractivity contribution in [3.05, 3.63) is 18.3 Å². The second-order valence-corrected chi connectivity index (χ2v) is 3.77. The van der Waals surface area contributed by atoms with E-state index >= 15 is 0 Å². The zero-order valence-electron chi connectivity index (χ0n) is 7.73. The lowest BCUT2D eigenvalue weighted by Crippen LogP contribution is -2.08. The van der Waals surface area contributed by atoms with Gasteiger partial charge >= 0.3 is 0 Å². The molecule has 0 unspecified atom stereocenters. The van der Waals surface area contributed by atoms with Crippen LogP contribution in [0.25, 0.3) is 10.2 Å². The molecule has 2 heterocycles. The molecule has 0 fully saturated rings. The lowest BCUT2D eigenvalue weighted by atomic mass is 10.3. The zero-order valence-corrected chi connectivity index (χ0v) is 8.55. The van der Waals surface area contributed by atoms with Crippen molar-refractivity contribution in [3.8, 4) is 0 Å². The van der Waals surface area contributed by atoms with Crippen molar-refractivity contribution in [1.29, 1.82) is 0 Å². The number of nitrogens with one attached hydrogen (secondary N) is 1. The zero-order chi connectivity index (χ0) is 9.80. The maximum absolute atomic E-state index is 5.40. The van der Waals surface area contributed by atoms with E-state index in [0.717, 1.165) is 29.0 Å². The lowest BCUT2D eigenvalue weighted by Gasteiger charge is -2.03. The van der Waals surface area contributed by atoms with Crippen molar-refractivity contribution >= 4 is 27.6 Å². The SMILES string of the molecule is NCCCNc1ccc2cnsc2n1. The summed E-state index contributed by atoms with van der Waals surface area (Å²) in [5.74, 6) is 0.898. The minimum absolute atomic E-state index is 0.704. The fourth-order valence-corrected chi connectivity index (χ4v) is 1.80. The van der Waals surface area contributed by atoms with Crippen LogP contribution in [0.1, 0.15) is 6.42 Å². The standard InChI is InChI=1S/C9H12N4S/c10-4-1-5-11-8-3-2-7-6-12-14-9(7)13-8/h2-3,6H,1,4-5,10H2,(H,11,13). The average Bonchev–Trinajstić information content (AvgIpc) is 2.65. The van der Waals surface area contributed by atoms with E-state index in [2.05, 4.69) is 14.7 Å². The Labute approximate surface area is 86.3 Å². The number of nitrogens with zero attached hydrogens (tertiary/aromatic N) is 2. The molecule has 4 nitrogen and oxygen atoms in total. The maximum Gasteiger partial charge on any atom is 0.145 e. The smallest absolute Gasteiger partial charge is 0.145 e. The molecule has 0 aliphatic heterocycles. The van der Waals surface area contributed by atoms with Crippen molar-refractivity contribution in [1.82, 2.24) is 9.36 Å². The number of pyridine rings is 1. The van der Waals surface area contributed by atoms with Gasteiger partial charge in [0.05, 0.1) is 6.20 Å². The first-order valence-corrected chi connectivity index (χ1v) is 5.33. The first-order chi connectivity index (χ1) is 6.90. The third kappa shape index (κ3) is 2.00. The third-order valence-electron chi connectivity index (χ3n) is 1.91. The van der Waals surface area contributed by atoms with E-state index in [0.29, 0.717) is 6.54 Å². The minimum atomic E-state index is 0.704. The molecule has 0 saturated carbocycles. The summed E-state index contributed by atoms with van der Waals surface area (Å²) in [5, 5.41) is 4.31. The molecule has 0 aliphatic rings. The fraction of sp³-hybridized carbons (Fsp3) is 0.333. The van der Waals surface area contributed by atoms with E-state index in [1.807, 2.05) is 18.3 Å².